The minimum atomic E-state index is -0.646. The fraction of sp³-hybridized carbons (Fsp3) is 0.188. The van der Waals surface area contributed by atoms with Crippen molar-refractivity contribution in [3.63, 3.8) is 0 Å². The monoisotopic (exact) mass is 489 g/mol. The van der Waals surface area contributed by atoms with Crippen molar-refractivity contribution in [3.05, 3.63) is 131 Å². The highest BCUT2D eigenvalue weighted by Gasteiger charge is 2.48. The molecule has 1 saturated heterocycles. The van der Waals surface area contributed by atoms with Crippen LogP contribution in [0.25, 0.3) is 16.6 Å². The summed E-state index contributed by atoms with van der Waals surface area (Å²) >= 11 is 0. The van der Waals surface area contributed by atoms with E-state index in [0.717, 1.165) is 45.3 Å². The third kappa shape index (κ3) is 4.20. The fourth-order valence-corrected chi connectivity index (χ4v) is 5.73. The first kappa shape index (κ1) is 23.2. The molecule has 1 fully saturated rings. The number of amides is 1. The van der Waals surface area contributed by atoms with Gasteiger partial charge in [-0.2, -0.15) is 5.10 Å². The molecule has 0 bridgehead atoms. The first-order chi connectivity index (χ1) is 18.0. The Bertz CT molecular complexity index is 1560. The summed E-state index contributed by atoms with van der Waals surface area (Å²) < 4.78 is 15.3. The van der Waals surface area contributed by atoms with Crippen LogP contribution < -0.4 is 0 Å². The van der Waals surface area contributed by atoms with Crippen molar-refractivity contribution >= 4 is 16.8 Å². The average molecular weight is 490 g/mol. The van der Waals surface area contributed by atoms with E-state index in [1.165, 1.54) is 12.1 Å². The molecule has 37 heavy (non-hydrogen) atoms. The number of aromatic nitrogens is 2. The largest absolute Gasteiger partial charge is 0.338 e. The van der Waals surface area contributed by atoms with Gasteiger partial charge in [0, 0.05) is 18.5 Å². The predicted octanol–water partition coefficient (Wildman–Crippen LogP) is 6.39. The van der Waals surface area contributed by atoms with Gasteiger partial charge in [0.2, 0.25) is 5.91 Å². The van der Waals surface area contributed by atoms with Crippen molar-refractivity contribution in [2.24, 2.45) is 0 Å². The van der Waals surface area contributed by atoms with Gasteiger partial charge < -0.3 is 4.90 Å². The Labute approximate surface area is 216 Å². The number of aryl methyl sites for hydroxylation is 1. The Hall–Kier alpha value is -4.25. The molecule has 4 aromatic carbocycles. The highest BCUT2D eigenvalue weighted by molar-refractivity contribution is 5.93. The van der Waals surface area contributed by atoms with Gasteiger partial charge in [-0.1, -0.05) is 60.7 Å². The summed E-state index contributed by atoms with van der Waals surface area (Å²) in [5.41, 5.74) is 5.50. The number of benzene rings is 4. The van der Waals surface area contributed by atoms with Crippen LogP contribution in [0, 0.1) is 12.7 Å². The zero-order valence-corrected chi connectivity index (χ0v) is 20.8. The Morgan fingerprint density at radius 1 is 0.892 bits per heavy atom. The fourth-order valence-electron chi connectivity index (χ4n) is 5.73. The van der Waals surface area contributed by atoms with E-state index in [-0.39, 0.29) is 11.7 Å². The summed E-state index contributed by atoms with van der Waals surface area (Å²) in [5, 5.41) is 5.56. The zero-order chi connectivity index (χ0) is 25.4. The van der Waals surface area contributed by atoms with Crippen molar-refractivity contribution < 1.29 is 9.18 Å². The smallest absolute Gasteiger partial charge is 0.233 e. The van der Waals surface area contributed by atoms with Crippen LogP contribution >= 0.6 is 0 Å². The number of carbonyl (C=O) groups is 1. The normalized spacial score (nSPS) is 17.6. The van der Waals surface area contributed by atoms with Crippen molar-refractivity contribution in [2.75, 3.05) is 6.54 Å². The zero-order valence-electron chi connectivity index (χ0n) is 20.8. The second kappa shape index (κ2) is 9.32. The van der Waals surface area contributed by atoms with E-state index >= 15 is 0 Å². The Balaban J connectivity index is 1.43. The average Bonchev–Trinajstić information content (AvgIpc) is 3.46. The highest BCUT2D eigenvalue weighted by Crippen LogP contribution is 2.42. The number of likely N-dealkylation sites (tertiary alicyclic amines) is 1. The molecule has 6 rings (SSSR count). The van der Waals surface area contributed by atoms with Crippen molar-refractivity contribution in [3.8, 4) is 5.69 Å². The number of rotatable bonds is 6. The second-order valence-electron chi connectivity index (χ2n) is 9.97. The van der Waals surface area contributed by atoms with E-state index in [2.05, 4.69) is 48.4 Å². The van der Waals surface area contributed by atoms with Gasteiger partial charge in [-0.3, -0.25) is 4.79 Å². The van der Waals surface area contributed by atoms with E-state index in [0.29, 0.717) is 19.5 Å². The van der Waals surface area contributed by atoms with E-state index in [1.807, 2.05) is 52.2 Å². The lowest BCUT2D eigenvalue weighted by molar-refractivity contribution is -0.133. The number of hydrogen-bond donors (Lipinski definition) is 0. The first-order valence-corrected chi connectivity index (χ1v) is 12.7. The molecule has 0 N–H and O–H groups in total. The van der Waals surface area contributed by atoms with Crippen LogP contribution in [-0.4, -0.2) is 27.1 Å². The standard InChI is InChI=1S/C32H28FN3O/c1-23-18-30-26(21-34-36(30)28-14-12-27(33)13-15-28)19-29(23)32(20-24-8-4-2-5-9-24)16-17-35(31(32)37)22-25-10-6-3-7-11-25/h2-15,18-19,21H,16-17,20,22H2,1H3. The van der Waals surface area contributed by atoms with E-state index in [9.17, 15) is 9.18 Å². The molecule has 1 aromatic heterocycles. The summed E-state index contributed by atoms with van der Waals surface area (Å²) in [7, 11) is 0. The lowest BCUT2D eigenvalue weighted by atomic mass is 9.72. The number of carbonyl (C=O) groups excluding carboxylic acids is 1. The molecule has 1 atom stereocenters. The molecule has 1 aliphatic rings. The van der Waals surface area contributed by atoms with E-state index in [1.54, 1.807) is 12.1 Å². The van der Waals surface area contributed by atoms with Gasteiger partial charge in [-0.15, -0.1) is 0 Å². The van der Waals surface area contributed by atoms with Crippen LogP contribution in [0.3, 0.4) is 0 Å². The molecule has 5 heteroatoms. The van der Waals surface area contributed by atoms with Crippen molar-refractivity contribution in [1.82, 2.24) is 14.7 Å². The summed E-state index contributed by atoms with van der Waals surface area (Å²) in [6, 6.07) is 31.1. The van der Waals surface area contributed by atoms with Crippen LogP contribution in [0.15, 0.2) is 103 Å². The van der Waals surface area contributed by atoms with Crippen LogP contribution in [0.4, 0.5) is 4.39 Å². The molecule has 1 aliphatic heterocycles. The number of hydrogen-bond acceptors (Lipinski definition) is 2. The predicted molar refractivity (Wildman–Crippen MR) is 144 cm³/mol. The Morgan fingerprint density at radius 3 is 2.27 bits per heavy atom. The molecule has 0 aliphatic carbocycles. The van der Waals surface area contributed by atoms with Crippen molar-refractivity contribution in [1.29, 1.82) is 0 Å². The molecule has 0 saturated carbocycles. The Morgan fingerprint density at radius 2 is 1.57 bits per heavy atom. The van der Waals surface area contributed by atoms with Crippen LogP contribution in [0.2, 0.25) is 0 Å². The Kier molecular flexibility index (Phi) is 5.84. The van der Waals surface area contributed by atoms with Gasteiger partial charge in [0.05, 0.1) is 22.8 Å². The second-order valence-corrected chi connectivity index (χ2v) is 9.97. The van der Waals surface area contributed by atoms with Gasteiger partial charge in [-0.05, 0) is 78.4 Å². The number of fused-ring (bicyclic) bond motifs is 1. The van der Waals surface area contributed by atoms with Crippen molar-refractivity contribution in [2.45, 2.75) is 31.7 Å². The molecule has 4 nitrogen and oxygen atoms in total. The first-order valence-electron chi connectivity index (χ1n) is 12.7. The minimum Gasteiger partial charge on any atom is -0.338 e. The number of nitrogens with zero attached hydrogens (tertiary/aromatic N) is 3. The molecule has 5 aromatic rings. The summed E-state index contributed by atoms with van der Waals surface area (Å²) in [6.07, 6.45) is 3.24. The van der Waals surface area contributed by atoms with Gasteiger partial charge >= 0.3 is 0 Å². The maximum atomic E-state index is 14.3. The number of halogens is 1. The molecular formula is C32H28FN3O. The molecule has 1 amide bonds. The third-order valence-electron chi connectivity index (χ3n) is 7.57. The van der Waals surface area contributed by atoms with E-state index in [4.69, 9.17) is 0 Å². The molecular weight excluding hydrogens is 461 g/mol. The van der Waals surface area contributed by atoms with Crippen LogP contribution in [0.1, 0.15) is 28.7 Å². The third-order valence-corrected chi connectivity index (χ3v) is 7.57. The van der Waals surface area contributed by atoms with Gasteiger partial charge in [0.25, 0.3) is 0 Å². The molecule has 184 valence electrons. The lowest BCUT2D eigenvalue weighted by Crippen LogP contribution is -2.40. The molecule has 0 spiro atoms. The van der Waals surface area contributed by atoms with Crippen LogP contribution in [-0.2, 0) is 23.2 Å². The quantitative estimate of drug-likeness (QED) is 0.277. The van der Waals surface area contributed by atoms with Gasteiger partial charge in [0.15, 0.2) is 0 Å². The SMILES string of the molecule is Cc1cc2c(cnn2-c2ccc(F)cc2)cc1C1(Cc2ccccc2)CCN(Cc2ccccc2)C1=O. The lowest BCUT2D eigenvalue weighted by Gasteiger charge is -2.30. The topological polar surface area (TPSA) is 38.1 Å². The maximum absolute atomic E-state index is 14.3. The van der Waals surface area contributed by atoms with E-state index < -0.39 is 5.41 Å². The molecule has 2 heterocycles. The van der Waals surface area contributed by atoms with Crippen LogP contribution in [0.5, 0.6) is 0 Å². The summed E-state index contributed by atoms with van der Waals surface area (Å²) in [6.45, 7) is 3.41. The molecule has 0 radical (unpaired) electrons. The maximum Gasteiger partial charge on any atom is 0.233 e. The highest BCUT2D eigenvalue weighted by atomic mass is 19.1. The van der Waals surface area contributed by atoms with Gasteiger partial charge in [-0.25, -0.2) is 9.07 Å². The molecule has 1 unspecified atom stereocenters. The summed E-state index contributed by atoms with van der Waals surface area (Å²) in [4.78, 5) is 16.3. The minimum absolute atomic E-state index is 0.175. The van der Waals surface area contributed by atoms with Gasteiger partial charge in [0.1, 0.15) is 5.82 Å². The summed E-state index contributed by atoms with van der Waals surface area (Å²) in [5.74, 6) is -0.102.